The summed E-state index contributed by atoms with van der Waals surface area (Å²) < 4.78 is 5.67. The van der Waals surface area contributed by atoms with E-state index in [2.05, 4.69) is 20.3 Å². The number of benzene rings is 2. The smallest absolute Gasteiger partial charge is 0.373 e. The lowest BCUT2D eigenvalue weighted by molar-refractivity contribution is -0.385. The van der Waals surface area contributed by atoms with Gasteiger partial charge in [0.15, 0.2) is 0 Å². The highest BCUT2D eigenvalue weighted by molar-refractivity contribution is 6.31. The van der Waals surface area contributed by atoms with Gasteiger partial charge in [0.25, 0.3) is 0 Å². The molecule has 0 aliphatic carbocycles. The predicted molar refractivity (Wildman–Crippen MR) is 110 cm³/mol. The summed E-state index contributed by atoms with van der Waals surface area (Å²) in [6.45, 7) is 1.81. The van der Waals surface area contributed by atoms with Crippen molar-refractivity contribution in [2.45, 2.75) is 6.92 Å². The fourth-order valence-electron chi connectivity index (χ4n) is 2.82. The molecule has 9 heteroatoms. The van der Waals surface area contributed by atoms with Crippen molar-refractivity contribution in [3.8, 4) is 11.6 Å². The molecule has 8 nitrogen and oxygen atoms in total. The second-order valence-electron chi connectivity index (χ2n) is 6.15. The molecule has 0 spiro atoms. The van der Waals surface area contributed by atoms with Crippen molar-refractivity contribution in [3.63, 3.8) is 0 Å². The van der Waals surface area contributed by atoms with Crippen molar-refractivity contribution < 1.29 is 9.66 Å². The zero-order chi connectivity index (χ0) is 20.4. The second-order valence-corrected chi connectivity index (χ2v) is 6.56. The first kappa shape index (κ1) is 18.6. The number of hydrogen-bond acceptors (Lipinski definition) is 7. The molecular weight excluding hydrogens is 394 g/mol. The summed E-state index contributed by atoms with van der Waals surface area (Å²) in [6.07, 6.45) is 2.85. The molecule has 0 atom stereocenters. The van der Waals surface area contributed by atoms with Crippen molar-refractivity contribution in [1.82, 2.24) is 15.0 Å². The van der Waals surface area contributed by atoms with Gasteiger partial charge < -0.3 is 10.1 Å². The summed E-state index contributed by atoms with van der Waals surface area (Å²) in [6, 6.07) is 14.2. The lowest BCUT2D eigenvalue weighted by atomic mass is 10.2. The third kappa shape index (κ3) is 3.78. The molecule has 2 heterocycles. The first-order chi connectivity index (χ1) is 14.0. The number of fused-ring (bicyclic) bond motifs is 1. The van der Waals surface area contributed by atoms with Crippen LogP contribution in [0.4, 0.5) is 17.2 Å². The lowest BCUT2D eigenvalue weighted by Crippen LogP contribution is -2.04. The van der Waals surface area contributed by atoms with E-state index in [4.69, 9.17) is 16.3 Å². The molecule has 2 aromatic heterocycles. The van der Waals surface area contributed by atoms with E-state index in [-0.39, 0.29) is 17.4 Å². The van der Waals surface area contributed by atoms with E-state index in [1.54, 1.807) is 30.5 Å². The van der Waals surface area contributed by atoms with E-state index in [9.17, 15) is 10.1 Å². The molecule has 0 aliphatic rings. The minimum absolute atomic E-state index is 0.00355. The number of ether oxygens (including phenoxy) is 1. The molecule has 29 heavy (non-hydrogen) atoms. The molecule has 0 bridgehead atoms. The van der Waals surface area contributed by atoms with Crippen molar-refractivity contribution >= 4 is 39.7 Å². The number of nitrogens with zero attached hydrogens (tertiary/aromatic N) is 4. The van der Waals surface area contributed by atoms with Gasteiger partial charge in [-0.05, 0) is 42.8 Å². The summed E-state index contributed by atoms with van der Waals surface area (Å²) in [7, 11) is 0. The summed E-state index contributed by atoms with van der Waals surface area (Å²) in [4.78, 5) is 23.5. The molecule has 0 saturated carbocycles. The summed E-state index contributed by atoms with van der Waals surface area (Å²) in [5.41, 5.74) is 1.64. The second kappa shape index (κ2) is 7.69. The van der Waals surface area contributed by atoms with Gasteiger partial charge in [0.2, 0.25) is 5.82 Å². The Balaban J connectivity index is 1.75. The number of para-hydroxylation sites is 1. The van der Waals surface area contributed by atoms with Crippen LogP contribution >= 0.6 is 11.6 Å². The fraction of sp³-hybridized carbons (Fsp3) is 0.0500. The van der Waals surface area contributed by atoms with Crippen LogP contribution in [-0.4, -0.2) is 19.9 Å². The van der Waals surface area contributed by atoms with Crippen LogP contribution in [0.15, 0.2) is 61.1 Å². The van der Waals surface area contributed by atoms with Crippen LogP contribution in [0.5, 0.6) is 11.6 Å². The Labute approximate surface area is 170 Å². The van der Waals surface area contributed by atoms with Gasteiger partial charge in [-0.15, -0.1) is 0 Å². The normalized spacial score (nSPS) is 10.7. The Hall–Kier alpha value is -3.78. The average Bonchev–Trinajstić information content (AvgIpc) is 2.71. The summed E-state index contributed by atoms with van der Waals surface area (Å²) in [5.74, 6) is 0.206. The Kier molecular flexibility index (Phi) is 4.92. The monoisotopic (exact) mass is 407 g/mol. The molecule has 0 aliphatic heterocycles. The maximum atomic E-state index is 11.8. The van der Waals surface area contributed by atoms with Gasteiger partial charge in [-0.2, -0.15) is 4.98 Å². The van der Waals surface area contributed by atoms with Crippen LogP contribution in [-0.2, 0) is 0 Å². The maximum absolute atomic E-state index is 11.8. The topological polar surface area (TPSA) is 103 Å². The average molecular weight is 408 g/mol. The quantitative estimate of drug-likeness (QED) is 0.347. The van der Waals surface area contributed by atoms with Crippen LogP contribution in [0.1, 0.15) is 5.56 Å². The summed E-state index contributed by atoms with van der Waals surface area (Å²) >= 11 is 6.02. The van der Waals surface area contributed by atoms with Gasteiger partial charge in [0, 0.05) is 16.6 Å². The predicted octanol–water partition coefficient (Wildman–Crippen LogP) is 5.43. The molecule has 144 valence electrons. The van der Waals surface area contributed by atoms with E-state index in [0.29, 0.717) is 22.0 Å². The molecule has 2 aromatic carbocycles. The number of hydrogen-bond donors (Lipinski definition) is 1. The molecule has 0 saturated heterocycles. The van der Waals surface area contributed by atoms with Crippen LogP contribution < -0.4 is 10.1 Å². The number of pyridine rings is 1. The van der Waals surface area contributed by atoms with Gasteiger partial charge >= 0.3 is 11.6 Å². The molecule has 0 fully saturated rings. The zero-order valence-corrected chi connectivity index (χ0v) is 15.9. The third-order valence-electron chi connectivity index (χ3n) is 4.20. The van der Waals surface area contributed by atoms with Crippen molar-refractivity contribution in [2.75, 3.05) is 5.32 Å². The minimum atomic E-state index is -0.584. The molecule has 4 rings (SSSR count). The van der Waals surface area contributed by atoms with E-state index in [1.165, 1.54) is 6.33 Å². The first-order valence-corrected chi connectivity index (χ1v) is 8.95. The molecule has 4 aromatic rings. The lowest BCUT2D eigenvalue weighted by Gasteiger charge is -2.11. The highest BCUT2D eigenvalue weighted by atomic mass is 35.5. The Morgan fingerprint density at radius 3 is 2.72 bits per heavy atom. The SMILES string of the molecule is Cc1cc(Oc2ncnc(Nc3cccc4cccnc34)c2[N+](=O)[O-])ccc1Cl. The Bertz CT molecular complexity index is 1230. The fourth-order valence-corrected chi connectivity index (χ4v) is 2.94. The van der Waals surface area contributed by atoms with Crippen molar-refractivity contribution in [3.05, 3.63) is 81.8 Å². The largest absolute Gasteiger partial charge is 0.434 e. The third-order valence-corrected chi connectivity index (χ3v) is 4.63. The standard InChI is InChI=1S/C20H14ClN5O3/c1-12-10-14(7-8-15(12)21)29-20-18(26(27)28)19(23-11-24-20)25-16-6-2-4-13-5-3-9-22-17(13)16/h2-11H,1H3,(H,23,24,25). The van der Waals surface area contributed by atoms with E-state index in [0.717, 1.165) is 10.9 Å². The van der Waals surface area contributed by atoms with Crippen molar-refractivity contribution in [2.24, 2.45) is 0 Å². The van der Waals surface area contributed by atoms with E-state index >= 15 is 0 Å². The van der Waals surface area contributed by atoms with Gasteiger partial charge in [-0.3, -0.25) is 15.1 Å². The van der Waals surface area contributed by atoms with Gasteiger partial charge in [0.05, 0.1) is 16.1 Å². The molecule has 0 unspecified atom stereocenters. The minimum Gasteiger partial charge on any atom is -0.434 e. The maximum Gasteiger partial charge on any atom is 0.373 e. The van der Waals surface area contributed by atoms with E-state index in [1.807, 2.05) is 31.2 Å². The van der Waals surface area contributed by atoms with Gasteiger partial charge in [0.1, 0.15) is 12.1 Å². The number of aryl methyl sites for hydroxylation is 1. The highest BCUT2D eigenvalue weighted by Crippen LogP contribution is 2.37. The number of nitrogens with one attached hydrogen (secondary N) is 1. The van der Waals surface area contributed by atoms with Crippen LogP contribution in [0.25, 0.3) is 10.9 Å². The number of nitro groups is 1. The molecular formula is C20H14ClN5O3. The van der Waals surface area contributed by atoms with Crippen LogP contribution in [0, 0.1) is 17.0 Å². The summed E-state index contributed by atoms with van der Waals surface area (Å²) in [5, 5.41) is 16.2. The molecule has 0 radical (unpaired) electrons. The number of halogens is 1. The Morgan fingerprint density at radius 1 is 1.10 bits per heavy atom. The molecule has 1 N–H and O–H groups in total. The van der Waals surface area contributed by atoms with Gasteiger partial charge in [-0.25, -0.2) is 4.98 Å². The van der Waals surface area contributed by atoms with Crippen LogP contribution in [0.2, 0.25) is 5.02 Å². The van der Waals surface area contributed by atoms with Crippen LogP contribution in [0.3, 0.4) is 0 Å². The first-order valence-electron chi connectivity index (χ1n) is 8.57. The van der Waals surface area contributed by atoms with Crippen molar-refractivity contribution in [1.29, 1.82) is 0 Å². The van der Waals surface area contributed by atoms with Gasteiger partial charge in [-0.1, -0.05) is 29.8 Å². The molecule has 0 amide bonds. The Morgan fingerprint density at radius 2 is 1.93 bits per heavy atom. The highest BCUT2D eigenvalue weighted by Gasteiger charge is 2.25. The number of rotatable bonds is 5. The zero-order valence-electron chi connectivity index (χ0n) is 15.2. The number of aromatic nitrogens is 3. The number of anilines is 2. The van der Waals surface area contributed by atoms with E-state index < -0.39 is 4.92 Å².